The van der Waals surface area contributed by atoms with Crippen LogP contribution in [-0.4, -0.2) is 34.2 Å². The lowest BCUT2D eigenvalue weighted by molar-refractivity contribution is 0.488. The van der Waals surface area contributed by atoms with E-state index in [4.69, 9.17) is 5.73 Å². The Morgan fingerprint density at radius 2 is 2.31 bits per heavy atom. The summed E-state index contributed by atoms with van der Waals surface area (Å²) >= 11 is 0. The Labute approximate surface area is 97.0 Å². The number of aliphatic imine (C=N–C) groups is 1. The molecule has 0 aliphatic heterocycles. The highest BCUT2D eigenvalue weighted by Crippen LogP contribution is 2.01. The second-order valence-corrected chi connectivity index (χ2v) is 4.47. The third-order valence-corrected chi connectivity index (χ3v) is 2.19. The molecule has 0 atom stereocenters. The minimum Gasteiger partial charge on any atom is -0.370 e. The Bertz CT molecular complexity index is 353. The minimum absolute atomic E-state index is 0.533. The molecule has 0 unspecified atom stereocenters. The molecule has 1 rings (SSSR count). The standard InChI is InChI=1S/C11H21N5/c1-9(2)5-13-11(12)15(3)7-10-6-14-16(4)8-10/h6,8-9H,5,7H2,1-4H3,(H2,12,13). The molecule has 0 amide bonds. The SMILES string of the molecule is CC(C)CN=C(N)N(C)Cc1cnn(C)c1. The van der Waals surface area contributed by atoms with Crippen molar-refractivity contribution in [2.45, 2.75) is 20.4 Å². The molecule has 90 valence electrons. The molecule has 0 aliphatic carbocycles. The van der Waals surface area contributed by atoms with Gasteiger partial charge >= 0.3 is 0 Å². The van der Waals surface area contributed by atoms with Gasteiger partial charge in [0.1, 0.15) is 0 Å². The number of nitrogens with zero attached hydrogens (tertiary/aromatic N) is 4. The Morgan fingerprint density at radius 3 is 2.81 bits per heavy atom. The van der Waals surface area contributed by atoms with E-state index in [1.54, 1.807) is 4.68 Å². The van der Waals surface area contributed by atoms with E-state index in [1.807, 2.05) is 31.4 Å². The largest absolute Gasteiger partial charge is 0.370 e. The molecule has 2 N–H and O–H groups in total. The van der Waals surface area contributed by atoms with Crippen LogP contribution in [0.25, 0.3) is 0 Å². The van der Waals surface area contributed by atoms with Crippen molar-refractivity contribution < 1.29 is 0 Å². The summed E-state index contributed by atoms with van der Waals surface area (Å²) in [7, 11) is 3.84. The predicted octanol–water partition coefficient (Wildman–Crippen LogP) is 0.823. The highest BCUT2D eigenvalue weighted by Gasteiger charge is 2.04. The molecule has 1 heterocycles. The quantitative estimate of drug-likeness (QED) is 0.607. The molecule has 16 heavy (non-hydrogen) atoms. The number of hydrogen-bond acceptors (Lipinski definition) is 2. The van der Waals surface area contributed by atoms with Crippen molar-refractivity contribution in [1.29, 1.82) is 0 Å². The van der Waals surface area contributed by atoms with E-state index in [2.05, 4.69) is 23.9 Å². The summed E-state index contributed by atoms with van der Waals surface area (Å²) in [4.78, 5) is 6.25. The van der Waals surface area contributed by atoms with Crippen LogP contribution in [0.15, 0.2) is 17.4 Å². The molecule has 0 saturated heterocycles. The maximum Gasteiger partial charge on any atom is 0.191 e. The van der Waals surface area contributed by atoms with Crippen molar-refractivity contribution in [1.82, 2.24) is 14.7 Å². The van der Waals surface area contributed by atoms with E-state index >= 15 is 0 Å². The lowest BCUT2D eigenvalue weighted by atomic mass is 10.2. The Morgan fingerprint density at radius 1 is 1.62 bits per heavy atom. The molecule has 0 spiro atoms. The van der Waals surface area contributed by atoms with Gasteiger partial charge in [0.2, 0.25) is 0 Å². The molecule has 0 bridgehead atoms. The number of aromatic nitrogens is 2. The average molecular weight is 223 g/mol. The number of hydrogen-bond donors (Lipinski definition) is 1. The fourth-order valence-corrected chi connectivity index (χ4v) is 1.31. The first-order valence-electron chi connectivity index (χ1n) is 5.47. The van der Waals surface area contributed by atoms with Gasteiger partial charge in [-0.1, -0.05) is 13.8 Å². The van der Waals surface area contributed by atoms with Crippen LogP contribution in [0.5, 0.6) is 0 Å². The summed E-state index contributed by atoms with van der Waals surface area (Å²) in [5.41, 5.74) is 7.00. The van der Waals surface area contributed by atoms with Gasteiger partial charge in [0.05, 0.1) is 6.20 Å². The molecule has 0 fully saturated rings. The molecule has 0 radical (unpaired) electrons. The summed E-state index contributed by atoms with van der Waals surface area (Å²) < 4.78 is 1.78. The van der Waals surface area contributed by atoms with Crippen LogP contribution in [0, 0.1) is 5.92 Å². The average Bonchev–Trinajstić information content (AvgIpc) is 2.60. The predicted molar refractivity (Wildman–Crippen MR) is 66.0 cm³/mol. The Hall–Kier alpha value is -1.52. The lowest BCUT2D eigenvalue weighted by Crippen LogP contribution is -2.33. The number of guanidine groups is 1. The van der Waals surface area contributed by atoms with E-state index in [9.17, 15) is 0 Å². The van der Waals surface area contributed by atoms with Gasteiger partial charge in [-0.3, -0.25) is 9.67 Å². The summed E-state index contributed by atoms with van der Waals surface area (Å²) in [5, 5.41) is 4.11. The normalized spacial score (nSPS) is 12.2. The summed E-state index contributed by atoms with van der Waals surface area (Å²) in [5.74, 6) is 1.11. The van der Waals surface area contributed by atoms with Crippen LogP contribution < -0.4 is 5.73 Å². The van der Waals surface area contributed by atoms with E-state index < -0.39 is 0 Å². The third-order valence-electron chi connectivity index (χ3n) is 2.19. The molecule has 5 nitrogen and oxygen atoms in total. The smallest absolute Gasteiger partial charge is 0.191 e. The van der Waals surface area contributed by atoms with Gasteiger partial charge in [-0.05, 0) is 5.92 Å². The molecular weight excluding hydrogens is 202 g/mol. The fraction of sp³-hybridized carbons (Fsp3) is 0.636. The Balaban J connectivity index is 2.51. The van der Waals surface area contributed by atoms with Crippen molar-refractivity contribution >= 4 is 5.96 Å². The first-order chi connectivity index (χ1) is 7.49. The van der Waals surface area contributed by atoms with Gasteiger partial charge in [-0.2, -0.15) is 5.10 Å². The molecule has 1 aromatic rings. The zero-order chi connectivity index (χ0) is 12.1. The van der Waals surface area contributed by atoms with Crippen molar-refractivity contribution in [2.75, 3.05) is 13.6 Å². The number of aryl methyl sites for hydroxylation is 1. The minimum atomic E-state index is 0.533. The zero-order valence-electron chi connectivity index (χ0n) is 10.5. The van der Waals surface area contributed by atoms with Crippen molar-refractivity contribution in [3.8, 4) is 0 Å². The second kappa shape index (κ2) is 5.53. The third kappa shape index (κ3) is 3.92. The first-order valence-corrected chi connectivity index (χ1v) is 5.47. The maximum absolute atomic E-state index is 5.87. The highest BCUT2D eigenvalue weighted by atomic mass is 15.3. The van der Waals surface area contributed by atoms with Gasteiger partial charge < -0.3 is 10.6 Å². The van der Waals surface area contributed by atoms with E-state index in [0.717, 1.165) is 18.7 Å². The Kier molecular flexibility index (Phi) is 4.34. The topological polar surface area (TPSA) is 59.4 Å². The van der Waals surface area contributed by atoms with Gasteiger partial charge in [0.15, 0.2) is 5.96 Å². The van der Waals surface area contributed by atoms with E-state index in [1.165, 1.54) is 0 Å². The zero-order valence-corrected chi connectivity index (χ0v) is 10.5. The van der Waals surface area contributed by atoms with E-state index in [-0.39, 0.29) is 0 Å². The van der Waals surface area contributed by atoms with Crippen molar-refractivity contribution in [3.63, 3.8) is 0 Å². The molecular formula is C11H21N5. The lowest BCUT2D eigenvalue weighted by Gasteiger charge is -2.17. The van der Waals surface area contributed by atoms with Crippen molar-refractivity contribution in [3.05, 3.63) is 18.0 Å². The number of rotatable bonds is 4. The van der Waals surface area contributed by atoms with Gasteiger partial charge in [0.25, 0.3) is 0 Å². The van der Waals surface area contributed by atoms with Gasteiger partial charge in [-0.15, -0.1) is 0 Å². The molecule has 0 aliphatic rings. The number of nitrogens with two attached hydrogens (primary N) is 1. The molecule has 0 aromatic carbocycles. The van der Waals surface area contributed by atoms with Gasteiger partial charge in [-0.25, -0.2) is 0 Å². The first kappa shape index (κ1) is 12.5. The second-order valence-electron chi connectivity index (χ2n) is 4.47. The van der Waals surface area contributed by atoms with Crippen LogP contribution in [0.2, 0.25) is 0 Å². The van der Waals surface area contributed by atoms with Crippen LogP contribution in [0.1, 0.15) is 19.4 Å². The monoisotopic (exact) mass is 223 g/mol. The summed E-state index contributed by atoms with van der Waals surface area (Å²) in [6.45, 7) is 5.75. The summed E-state index contributed by atoms with van der Waals surface area (Å²) in [6.07, 6.45) is 3.82. The van der Waals surface area contributed by atoms with Crippen LogP contribution in [-0.2, 0) is 13.6 Å². The molecule has 5 heteroatoms. The fourth-order valence-electron chi connectivity index (χ4n) is 1.31. The van der Waals surface area contributed by atoms with Crippen LogP contribution >= 0.6 is 0 Å². The maximum atomic E-state index is 5.87. The summed E-state index contributed by atoms with van der Waals surface area (Å²) in [6, 6.07) is 0. The molecule has 0 saturated carbocycles. The van der Waals surface area contributed by atoms with Crippen molar-refractivity contribution in [2.24, 2.45) is 23.7 Å². The van der Waals surface area contributed by atoms with E-state index in [0.29, 0.717) is 11.9 Å². The molecule has 1 aromatic heterocycles. The van der Waals surface area contributed by atoms with Crippen LogP contribution in [0.4, 0.5) is 0 Å². The highest BCUT2D eigenvalue weighted by molar-refractivity contribution is 5.77. The van der Waals surface area contributed by atoms with Crippen LogP contribution in [0.3, 0.4) is 0 Å². The van der Waals surface area contributed by atoms with Gasteiger partial charge in [0, 0.05) is 38.9 Å².